The molecule has 1 aliphatic rings. The molecule has 1 aromatic rings. The first-order valence-electron chi connectivity index (χ1n) is 7.77. The van der Waals surface area contributed by atoms with Crippen molar-refractivity contribution in [3.8, 4) is 17.2 Å². The summed E-state index contributed by atoms with van der Waals surface area (Å²) in [5.41, 5.74) is 4.10. The quantitative estimate of drug-likeness (QED) is 0.847. The molecule has 1 saturated carbocycles. The third-order valence-electron chi connectivity index (χ3n) is 4.12. The second kappa shape index (κ2) is 7.85. The van der Waals surface area contributed by atoms with Crippen LogP contribution < -0.4 is 19.6 Å². The van der Waals surface area contributed by atoms with E-state index in [9.17, 15) is 4.79 Å². The number of hydrogen-bond donors (Lipinski definition) is 1. The normalized spacial score (nSPS) is 19.3. The molecular formula is C17H24N2O4. The molecule has 6 nitrogen and oxygen atoms in total. The fourth-order valence-electron chi connectivity index (χ4n) is 2.74. The maximum atomic E-state index is 12.4. The Morgan fingerprint density at radius 1 is 1.13 bits per heavy atom. The molecule has 0 spiro atoms. The van der Waals surface area contributed by atoms with Gasteiger partial charge in [-0.15, -0.1) is 0 Å². The molecule has 0 aromatic heterocycles. The molecule has 0 bridgehead atoms. The molecule has 1 unspecified atom stereocenters. The number of hydrazone groups is 1. The van der Waals surface area contributed by atoms with Gasteiger partial charge in [-0.2, -0.15) is 5.10 Å². The Morgan fingerprint density at radius 2 is 1.78 bits per heavy atom. The van der Waals surface area contributed by atoms with Gasteiger partial charge < -0.3 is 14.2 Å². The minimum Gasteiger partial charge on any atom is -0.493 e. The number of carbonyl (C=O) groups is 1. The van der Waals surface area contributed by atoms with Crippen LogP contribution in [0.3, 0.4) is 0 Å². The Bertz CT molecular complexity index is 573. The van der Waals surface area contributed by atoms with Gasteiger partial charge in [-0.05, 0) is 37.3 Å². The smallest absolute Gasteiger partial charge is 0.271 e. The average molecular weight is 320 g/mol. The highest BCUT2D eigenvalue weighted by molar-refractivity contribution is 5.97. The molecule has 1 aromatic carbocycles. The summed E-state index contributed by atoms with van der Waals surface area (Å²) in [6, 6.07) is 3.22. The second-order valence-electron chi connectivity index (χ2n) is 5.60. The Kier molecular flexibility index (Phi) is 5.84. The predicted molar refractivity (Wildman–Crippen MR) is 88.6 cm³/mol. The van der Waals surface area contributed by atoms with Crippen molar-refractivity contribution in [3.05, 3.63) is 17.7 Å². The molecule has 1 amide bonds. The summed E-state index contributed by atoms with van der Waals surface area (Å²) in [6.07, 6.45) is 4.42. The first-order chi connectivity index (χ1) is 11.1. The van der Waals surface area contributed by atoms with Crippen molar-refractivity contribution in [1.29, 1.82) is 0 Å². The number of benzene rings is 1. The highest BCUT2D eigenvalue weighted by atomic mass is 16.5. The molecular weight excluding hydrogens is 296 g/mol. The lowest BCUT2D eigenvalue weighted by atomic mass is 9.89. The topological polar surface area (TPSA) is 69.2 Å². The van der Waals surface area contributed by atoms with E-state index in [1.165, 1.54) is 27.8 Å². The van der Waals surface area contributed by atoms with E-state index >= 15 is 0 Å². The van der Waals surface area contributed by atoms with E-state index in [0.717, 1.165) is 25.0 Å². The fourth-order valence-corrected chi connectivity index (χ4v) is 2.74. The van der Waals surface area contributed by atoms with Gasteiger partial charge in [0.15, 0.2) is 11.5 Å². The van der Waals surface area contributed by atoms with Crippen LogP contribution in [0.4, 0.5) is 0 Å². The van der Waals surface area contributed by atoms with Gasteiger partial charge in [-0.3, -0.25) is 4.79 Å². The van der Waals surface area contributed by atoms with Gasteiger partial charge in [0.2, 0.25) is 5.75 Å². The Labute approximate surface area is 136 Å². The minimum atomic E-state index is -0.297. The largest absolute Gasteiger partial charge is 0.493 e. The van der Waals surface area contributed by atoms with Gasteiger partial charge in [0.1, 0.15) is 0 Å². The number of nitrogens with one attached hydrogen (secondary N) is 1. The standard InChI is InChI=1S/C17H24N2O4/c1-11-7-5-6-8-13(11)18-19-17(20)12-9-14(21-2)16(23-4)15(10-12)22-3/h9-11H,5-8H2,1-4H3,(H,19,20). The zero-order valence-electron chi connectivity index (χ0n) is 14.1. The van der Waals surface area contributed by atoms with Crippen LogP contribution in [0.5, 0.6) is 17.2 Å². The number of hydrogen-bond acceptors (Lipinski definition) is 5. The average Bonchev–Trinajstić information content (AvgIpc) is 2.59. The van der Waals surface area contributed by atoms with Gasteiger partial charge in [0.05, 0.1) is 21.3 Å². The zero-order valence-corrected chi connectivity index (χ0v) is 14.1. The maximum Gasteiger partial charge on any atom is 0.271 e. The van der Waals surface area contributed by atoms with E-state index in [1.807, 2.05) is 0 Å². The molecule has 0 aliphatic heterocycles. The fraction of sp³-hybridized carbons (Fsp3) is 0.529. The lowest BCUT2D eigenvalue weighted by molar-refractivity contribution is 0.0953. The lowest BCUT2D eigenvalue weighted by Gasteiger charge is -2.20. The van der Waals surface area contributed by atoms with Gasteiger partial charge in [0, 0.05) is 11.3 Å². The van der Waals surface area contributed by atoms with Gasteiger partial charge >= 0.3 is 0 Å². The molecule has 23 heavy (non-hydrogen) atoms. The van der Waals surface area contributed by atoms with Crippen LogP contribution in [-0.4, -0.2) is 32.9 Å². The maximum absolute atomic E-state index is 12.4. The van der Waals surface area contributed by atoms with Crippen molar-refractivity contribution in [3.63, 3.8) is 0 Å². The summed E-state index contributed by atoms with van der Waals surface area (Å²) in [5.74, 6) is 1.46. The summed E-state index contributed by atoms with van der Waals surface area (Å²) >= 11 is 0. The van der Waals surface area contributed by atoms with Crippen LogP contribution in [0.15, 0.2) is 17.2 Å². The van der Waals surface area contributed by atoms with Crippen molar-refractivity contribution in [2.75, 3.05) is 21.3 Å². The predicted octanol–water partition coefficient (Wildman–Crippen LogP) is 3.01. The SMILES string of the molecule is COc1cc(C(=O)NN=C2CCCCC2C)cc(OC)c1OC. The molecule has 1 aliphatic carbocycles. The molecule has 0 saturated heterocycles. The van der Waals surface area contributed by atoms with Gasteiger partial charge in [-0.1, -0.05) is 13.3 Å². The summed E-state index contributed by atoms with van der Waals surface area (Å²) in [6.45, 7) is 2.14. The van der Waals surface area contributed by atoms with Gasteiger partial charge in [0.25, 0.3) is 5.91 Å². The lowest BCUT2D eigenvalue weighted by Crippen LogP contribution is -2.24. The van der Waals surface area contributed by atoms with Crippen molar-refractivity contribution in [2.45, 2.75) is 32.6 Å². The molecule has 2 rings (SSSR count). The van der Waals surface area contributed by atoms with E-state index in [1.54, 1.807) is 12.1 Å². The van der Waals surface area contributed by atoms with Crippen LogP contribution >= 0.6 is 0 Å². The second-order valence-corrected chi connectivity index (χ2v) is 5.60. The Balaban J connectivity index is 2.20. The summed E-state index contributed by atoms with van der Waals surface area (Å²) in [7, 11) is 4.56. The van der Waals surface area contributed by atoms with E-state index in [0.29, 0.717) is 28.7 Å². The summed E-state index contributed by atoms with van der Waals surface area (Å²) in [4.78, 5) is 12.4. The van der Waals surface area contributed by atoms with Crippen LogP contribution in [0, 0.1) is 5.92 Å². The summed E-state index contributed by atoms with van der Waals surface area (Å²) in [5, 5.41) is 4.30. The molecule has 1 atom stereocenters. The van der Waals surface area contributed by atoms with Crippen LogP contribution in [0.1, 0.15) is 43.0 Å². The molecule has 1 N–H and O–H groups in total. The molecule has 0 heterocycles. The van der Waals surface area contributed by atoms with E-state index in [4.69, 9.17) is 14.2 Å². The first kappa shape index (κ1) is 17.1. The number of carbonyl (C=O) groups excluding carboxylic acids is 1. The van der Waals surface area contributed by atoms with Crippen LogP contribution in [0.25, 0.3) is 0 Å². The van der Waals surface area contributed by atoms with Crippen LogP contribution in [-0.2, 0) is 0 Å². The molecule has 1 fully saturated rings. The highest BCUT2D eigenvalue weighted by Crippen LogP contribution is 2.38. The number of rotatable bonds is 5. The van der Waals surface area contributed by atoms with Crippen molar-refractivity contribution in [2.24, 2.45) is 11.0 Å². The zero-order chi connectivity index (χ0) is 16.8. The van der Waals surface area contributed by atoms with E-state index in [-0.39, 0.29) is 5.91 Å². The minimum absolute atomic E-state index is 0.297. The van der Waals surface area contributed by atoms with Crippen molar-refractivity contribution >= 4 is 11.6 Å². The molecule has 0 radical (unpaired) electrons. The third kappa shape index (κ3) is 3.94. The molecule has 126 valence electrons. The highest BCUT2D eigenvalue weighted by Gasteiger charge is 2.19. The number of methoxy groups -OCH3 is 3. The van der Waals surface area contributed by atoms with Crippen LogP contribution in [0.2, 0.25) is 0 Å². The van der Waals surface area contributed by atoms with Gasteiger partial charge in [-0.25, -0.2) is 5.43 Å². The third-order valence-corrected chi connectivity index (χ3v) is 4.12. The number of amides is 1. The first-order valence-corrected chi connectivity index (χ1v) is 7.77. The Hall–Kier alpha value is -2.24. The van der Waals surface area contributed by atoms with Crippen molar-refractivity contribution < 1.29 is 19.0 Å². The monoisotopic (exact) mass is 320 g/mol. The number of nitrogens with zero attached hydrogens (tertiary/aromatic N) is 1. The van der Waals surface area contributed by atoms with E-state index in [2.05, 4.69) is 17.5 Å². The number of ether oxygens (including phenoxy) is 3. The summed E-state index contributed by atoms with van der Waals surface area (Å²) < 4.78 is 15.8. The Morgan fingerprint density at radius 3 is 2.30 bits per heavy atom. The van der Waals surface area contributed by atoms with E-state index < -0.39 is 0 Å². The van der Waals surface area contributed by atoms with Crippen molar-refractivity contribution in [1.82, 2.24) is 5.43 Å². The molecule has 6 heteroatoms.